The lowest BCUT2D eigenvalue weighted by molar-refractivity contribution is 0.0951. The van der Waals surface area contributed by atoms with Crippen molar-refractivity contribution in [3.63, 3.8) is 0 Å². The summed E-state index contributed by atoms with van der Waals surface area (Å²) in [5, 5.41) is 4.00. The molecular formula is C16H22N2OS. The van der Waals surface area contributed by atoms with Crippen molar-refractivity contribution in [1.82, 2.24) is 5.32 Å². The fourth-order valence-corrected chi connectivity index (χ4v) is 3.45. The Hall–Kier alpha value is -1.55. The van der Waals surface area contributed by atoms with Gasteiger partial charge < -0.3 is 11.1 Å². The molecule has 3 nitrogen and oxygen atoms in total. The molecule has 1 aromatic carbocycles. The molecule has 3 N–H and O–H groups in total. The molecule has 2 rings (SSSR count). The van der Waals surface area contributed by atoms with Crippen molar-refractivity contribution in [2.24, 2.45) is 5.92 Å². The first kappa shape index (κ1) is 14.9. The van der Waals surface area contributed by atoms with Crippen LogP contribution in [0.3, 0.4) is 0 Å². The summed E-state index contributed by atoms with van der Waals surface area (Å²) < 4.78 is 1.11. The van der Waals surface area contributed by atoms with Gasteiger partial charge in [-0.3, -0.25) is 4.79 Å². The van der Waals surface area contributed by atoms with E-state index in [4.69, 9.17) is 5.73 Å². The minimum atomic E-state index is -0.0463. The number of anilines is 1. The highest BCUT2D eigenvalue weighted by Crippen LogP contribution is 2.35. The maximum Gasteiger partial charge on any atom is 0.263 e. The quantitative estimate of drug-likeness (QED) is 0.875. The number of carbonyl (C=O) groups excluding carboxylic acids is 1. The number of rotatable bonds is 5. The molecule has 20 heavy (non-hydrogen) atoms. The van der Waals surface area contributed by atoms with Crippen molar-refractivity contribution < 1.29 is 4.79 Å². The van der Waals surface area contributed by atoms with E-state index in [-0.39, 0.29) is 5.91 Å². The average molecular weight is 290 g/mol. The third kappa shape index (κ3) is 2.80. The van der Waals surface area contributed by atoms with Gasteiger partial charge in [-0.1, -0.05) is 44.9 Å². The minimum Gasteiger partial charge on any atom is -0.397 e. The van der Waals surface area contributed by atoms with Crippen LogP contribution in [0.1, 0.15) is 41.9 Å². The first-order chi connectivity index (χ1) is 9.58. The summed E-state index contributed by atoms with van der Waals surface area (Å²) in [5.74, 6) is 0.492. The van der Waals surface area contributed by atoms with Crippen LogP contribution >= 0.6 is 11.3 Å². The molecule has 0 unspecified atom stereocenters. The zero-order chi connectivity index (χ0) is 14.7. The molecule has 1 aromatic heterocycles. The second-order valence-corrected chi connectivity index (χ2v) is 6.21. The summed E-state index contributed by atoms with van der Waals surface area (Å²) in [6.45, 7) is 7.07. The van der Waals surface area contributed by atoms with E-state index in [1.165, 1.54) is 16.9 Å². The largest absolute Gasteiger partial charge is 0.397 e. The van der Waals surface area contributed by atoms with Crippen molar-refractivity contribution >= 4 is 33.0 Å². The number of amides is 1. The Morgan fingerprint density at radius 3 is 2.65 bits per heavy atom. The van der Waals surface area contributed by atoms with E-state index in [2.05, 4.69) is 19.2 Å². The lowest BCUT2D eigenvalue weighted by Gasteiger charge is -2.12. The Morgan fingerprint density at radius 1 is 1.35 bits per heavy atom. The van der Waals surface area contributed by atoms with E-state index in [1.54, 1.807) is 0 Å². The van der Waals surface area contributed by atoms with Gasteiger partial charge in [-0.2, -0.15) is 0 Å². The maximum absolute atomic E-state index is 12.3. The molecule has 2 aromatic rings. The van der Waals surface area contributed by atoms with Crippen LogP contribution in [0, 0.1) is 12.8 Å². The van der Waals surface area contributed by atoms with Gasteiger partial charge in [-0.05, 0) is 18.4 Å². The molecule has 0 fully saturated rings. The number of fused-ring (bicyclic) bond motifs is 1. The predicted octanol–water partition coefficient (Wildman–Crippen LogP) is 3.96. The molecule has 1 heterocycles. The third-order valence-corrected chi connectivity index (χ3v) is 5.22. The lowest BCUT2D eigenvalue weighted by atomic mass is 10.0. The van der Waals surface area contributed by atoms with Crippen LogP contribution in [0.4, 0.5) is 5.69 Å². The van der Waals surface area contributed by atoms with Gasteiger partial charge in [0.1, 0.15) is 4.88 Å². The molecule has 0 bridgehead atoms. The van der Waals surface area contributed by atoms with Gasteiger partial charge in [-0.15, -0.1) is 11.3 Å². The molecule has 1 amide bonds. The average Bonchev–Trinajstić information content (AvgIpc) is 2.79. The molecule has 0 aliphatic carbocycles. The Bertz CT molecular complexity index is 614. The van der Waals surface area contributed by atoms with Gasteiger partial charge in [0.05, 0.1) is 5.69 Å². The Morgan fingerprint density at radius 2 is 2.05 bits per heavy atom. The van der Waals surface area contributed by atoms with Crippen molar-refractivity contribution in [3.8, 4) is 0 Å². The van der Waals surface area contributed by atoms with Crippen LogP contribution in [0.25, 0.3) is 10.1 Å². The zero-order valence-electron chi connectivity index (χ0n) is 12.3. The monoisotopic (exact) mass is 290 g/mol. The number of hydrogen-bond acceptors (Lipinski definition) is 3. The van der Waals surface area contributed by atoms with Gasteiger partial charge in [0, 0.05) is 16.6 Å². The fourth-order valence-electron chi connectivity index (χ4n) is 2.34. The second kappa shape index (κ2) is 6.27. The smallest absolute Gasteiger partial charge is 0.263 e. The van der Waals surface area contributed by atoms with Gasteiger partial charge in [0.2, 0.25) is 0 Å². The topological polar surface area (TPSA) is 55.1 Å². The number of carbonyl (C=O) groups is 1. The SMILES string of the molecule is CCC(CC)CNC(=O)c1sc2c(C)cccc2c1N. The zero-order valence-corrected chi connectivity index (χ0v) is 13.1. The molecule has 0 spiro atoms. The molecule has 108 valence electrons. The standard InChI is InChI=1S/C16H22N2OS/c1-4-11(5-2)9-18-16(19)15-13(17)12-8-6-7-10(3)14(12)20-15/h6-8,11H,4-5,9,17H2,1-3H3,(H,18,19). The molecule has 0 saturated carbocycles. The number of benzene rings is 1. The maximum atomic E-state index is 12.3. The molecule has 0 aliphatic rings. The normalized spacial score (nSPS) is 11.2. The molecule has 0 radical (unpaired) electrons. The van der Waals surface area contributed by atoms with Crippen LogP contribution in [-0.4, -0.2) is 12.5 Å². The number of nitrogen functional groups attached to an aromatic ring is 1. The van der Waals surface area contributed by atoms with Crippen LogP contribution in [0.2, 0.25) is 0 Å². The summed E-state index contributed by atoms with van der Waals surface area (Å²) in [5.41, 5.74) is 7.90. The first-order valence-electron chi connectivity index (χ1n) is 7.14. The number of nitrogens with one attached hydrogen (secondary N) is 1. The number of nitrogens with two attached hydrogens (primary N) is 1. The van der Waals surface area contributed by atoms with Crippen LogP contribution < -0.4 is 11.1 Å². The van der Waals surface area contributed by atoms with E-state index in [1.807, 2.05) is 25.1 Å². The summed E-state index contributed by atoms with van der Waals surface area (Å²) >= 11 is 1.49. The lowest BCUT2D eigenvalue weighted by Crippen LogP contribution is -2.28. The highest BCUT2D eigenvalue weighted by atomic mass is 32.1. The van der Waals surface area contributed by atoms with Crippen LogP contribution in [0.5, 0.6) is 0 Å². The molecule has 4 heteroatoms. The van der Waals surface area contributed by atoms with Crippen LogP contribution in [-0.2, 0) is 0 Å². The second-order valence-electron chi connectivity index (χ2n) is 5.19. The summed E-state index contributed by atoms with van der Waals surface area (Å²) in [7, 11) is 0. The molecule has 0 atom stereocenters. The Labute approximate surface area is 124 Å². The van der Waals surface area contributed by atoms with E-state index in [0.29, 0.717) is 16.5 Å². The summed E-state index contributed by atoms with van der Waals surface area (Å²) in [4.78, 5) is 12.9. The summed E-state index contributed by atoms with van der Waals surface area (Å²) in [6.07, 6.45) is 2.16. The molecule has 0 aliphatic heterocycles. The Kier molecular flexibility index (Phi) is 4.65. The predicted molar refractivity (Wildman–Crippen MR) is 87.4 cm³/mol. The van der Waals surface area contributed by atoms with Gasteiger partial charge in [0.15, 0.2) is 0 Å². The van der Waals surface area contributed by atoms with Crippen molar-refractivity contribution in [1.29, 1.82) is 0 Å². The van der Waals surface area contributed by atoms with Gasteiger partial charge in [0.25, 0.3) is 5.91 Å². The van der Waals surface area contributed by atoms with Gasteiger partial charge >= 0.3 is 0 Å². The van der Waals surface area contributed by atoms with Crippen molar-refractivity contribution in [2.75, 3.05) is 12.3 Å². The van der Waals surface area contributed by atoms with E-state index in [9.17, 15) is 4.79 Å². The van der Waals surface area contributed by atoms with Crippen molar-refractivity contribution in [3.05, 3.63) is 28.6 Å². The highest BCUT2D eigenvalue weighted by Gasteiger charge is 2.17. The minimum absolute atomic E-state index is 0.0463. The fraction of sp³-hybridized carbons (Fsp3) is 0.438. The third-order valence-electron chi connectivity index (χ3n) is 3.86. The summed E-state index contributed by atoms with van der Waals surface area (Å²) in [6, 6.07) is 6.00. The molecular weight excluding hydrogens is 268 g/mol. The van der Waals surface area contributed by atoms with E-state index in [0.717, 1.165) is 29.5 Å². The number of thiophene rings is 1. The molecule has 0 saturated heterocycles. The number of aryl methyl sites for hydroxylation is 1. The Balaban J connectivity index is 2.22. The van der Waals surface area contributed by atoms with E-state index < -0.39 is 0 Å². The first-order valence-corrected chi connectivity index (χ1v) is 7.95. The highest BCUT2D eigenvalue weighted by molar-refractivity contribution is 7.21. The number of hydrogen-bond donors (Lipinski definition) is 2. The van der Waals surface area contributed by atoms with E-state index >= 15 is 0 Å². The van der Waals surface area contributed by atoms with Gasteiger partial charge in [-0.25, -0.2) is 0 Å². The van der Waals surface area contributed by atoms with Crippen molar-refractivity contribution in [2.45, 2.75) is 33.6 Å². The van der Waals surface area contributed by atoms with Crippen LogP contribution in [0.15, 0.2) is 18.2 Å².